The van der Waals surface area contributed by atoms with E-state index < -0.39 is 52.7 Å². The van der Waals surface area contributed by atoms with Crippen LogP contribution in [0.5, 0.6) is 0 Å². The zero-order chi connectivity index (χ0) is 22.1. The number of halogens is 1. The maximum atomic E-state index is 14.3. The van der Waals surface area contributed by atoms with E-state index in [9.17, 15) is 27.7 Å². The highest BCUT2D eigenvalue weighted by Gasteiger charge is 2.40. The lowest BCUT2D eigenvalue weighted by atomic mass is 9.90. The molecule has 0 spiro atoms. The molecule has 0 bridgehead atoms. The van der Waals surface area contributed by atoms with Crippen molar-refractivity contribution in [2.24, 2.45) is 5.92 Å². The number of amides is 3. The van der Waals surface area contributed by atoms with Crippen LogP contribution in [0, 0.1) is 28.6 Å². The first-order chi connectivity index (χ1) is 14.2. The number of urea groups is 1. The summed E-state index contributed by atoms with van der Waals surface area (Å²) in [5.74, 6) is -1.27. The van der Waals surface area contributed by atoms with Crippen molar-refractivity contribution in [1.82, 2.24) is 14.9 Å². The number of fused-ring (bicyclic) bond motifs is 1. The van der Waals surface area contributed by atoms with Crippen LogP contribution in [0.1, 0.15) is 18.9 Å². The highest BCUT2D eigenvalue weighted by molar-refractivity contribution is 7.90. The van der Waals surface area contributed by atoms with Crippen LogP contribution < -0.4 is 16.0 Å². The van der Waals surface area contributed by atoms with Gasteiger partial charge in [-0.1, -0.05) is 6.07 Å². The van der Waals surface area contributed by atoms with Crippen molar-refractivity contribution in [3.63, 3.8) is 0 Å². The Hall–Kier alpha value is -3.22. The number of hydrogen-bond acceptors (Lipinski definition) is 7. The molecule has 30 heavy (non-hydrogen) atoms. The highest BCUT2D eigenvalue weighted by Crippen LogP contribution is 2.32. The standard InChI is InChI=1S/C18H19FN6O4S/c1-10(16-13(19)5-11(6-20)8-22-16)23-15(26)9-25-18(27)24-14-4-2-3-12(7-21)17(14)30(25,28)29/h2-4,10-11,13,16,22H,5,8-9H2,1H3,(H,23,26)(H,24,27)/t10-,11?,13?,16?/m0/s1. The summed E-state index contributed by atoms with van der Waals surface area (Å²) < 4.78 is 40.4. The number of alkyl halides is 1. The molecule has 3 N–H and O–H groups in total. The van der Waals surface area contributed by atoms with E-state index in [0.717, 1.165) is 0 Å². The molecule has 3 unspecified atom stereocenters. The molecule has 0 aromatic heterocycles. The fourth-order valence-electron chi connectivity index (χ4n) is 3.57. The molecule has 1 saturated heterocycles. The maximum absolute atomic E-state index is 14.3. The molecule has 4 atom stereocenters. The lowest BCUT2D eigenvalue weighted by molar-refractivity contribution is -0.121. The molecule has 2 heterocycles. The topological polar surface area (TPSA) is 155 Å². The summed E-state index contributed by atoms with van der Waals surface area (Å²) in [5, 5.41) is 25.8. The predicted octanol–water partition coefficient (Wildman–Crippen LogP) is 0.439. The molecule has 0 radical (unpaired) electrons. The number of carbonyl (C=O) groups excluding carboxylic acids is 2. The number of sulfonamides is 1. The Bertz CT molecular complexity index is 1060. The van der Waals surface area contributed by atoms with Crippen LogP contribution in [-0.2, 0) is 14.8 Å². The Morgan fingerprint density at radius 1 is 1.43 bits per heavy atom. The number of nitriles is 2. The van der Waals surface area contributed by atoms with Crippen LogP contribution in [0.15, 0.2) is 23.1 Å². The van der Waals surface area contributed by atoms with Crippen molar-refractivity contribution >= 4 is 27.6 Å². The third kappa shape index (κ3) is 3.92. The van der Waals surface area contributed by atoms with Crippen molar-refractivity contribution in [1.29, 1.82) is 10.5 Å². The van der Waals surface area contributed by atoms with E-state index in [2.05, 4.69) is 16.0 Å². The largest absolute Gasteiger partial charge is 0.350 e. The Labute approximate surface area is 172 Å². The van der Waals surface area contributed by atoms with Crippen molar-refractivity contribution < 1.29 is 22.4 Å². The first kappa shape index (κ1) is 21.5. The second-order valence-corrected chi connectivity index (χ2v) is 8.90. The van der Waals surface area contributed by atoms with Crippen LogP contribution in [0.25, 0.3) is 0 Å². The average molecular weight is 434 g/mol. The second kappa shape index (κ2) is 8.26. The molecule has 1 fully saturated rings. The minimum absolute atomic E-state index is 0.0327. The smallest absolute Gasteiger partial charge is 0.336 e. The van der Waals surface area contributed by atoms with Crippen molar-refractivity contribution in [3.8, 4) is 12.1 Å². The van der Waals surface area contributed by atoms with Gasteiger partial charge in [0.2, 0.25) is 5.91 Å². The minimum atomic E-state index is -4.44. The van der Waals surface area contributed by atoms with Gasteiger partial charge < -0.3 is 16.0 Å². The molecule has 2 aliphatic rings. The van der Waals surface area contributed by atoms with Crippen molar-refractivity contribution in [2.45, 2.75) is 36.5 Å². The van der Waals surface area contributed by atoms with E-state index >= 15 is 0 Å². The molecule has 1 aromatic rings. The van der Waals surface area contributed by atoms with Crippen molar-refractivity contribution in [2.75, 3.05) is 18.4 Å². The monoisotopic (exact) mass is 434 g/mol. The van der Waals surface area contributed by atoms with Gasteiger partial charge in [0.25, 0.3) is 10.0 Å². The third-order valence-corrected chi connectivity index (χ3v) is 6.88. The number of hydrogen-bond donors (Lipinski definition) is 3. The third-order valence-electron chi connectivity index (χ3n) is 5.05. The molecule has 2 aliphatic heterocycles. The minimum Gasteiger partial charge on any atom is -0.350 e. The highest BCUT2D eigenvalue weighted by atomic mass is 32.2. The Kier molecular flexibility index (Phi) is 5.92. The van der Waals surface area contributed by atoms with Crippen LogP contribution in [0.3, 0.4) is 0 Å². The molecule has 10 nitrogen and oxygen atoms in total. The van der Waals surface area contributed by atoms with Gasteiger partial charge in [0.1, 0.15) is 23.7 Å². The van der Waals surface area contributed by atoms with Gasteiger partial charge in [0, 0.05) is 12.6 Å². The Morgan fingerprint density at radius 2 is 2.17 bits per heavy atom. The van der Waals surface area contributed by atoms with E-state index in [0.29, 0.717) is 4.31 Å². The van der Waals surface area contributed by atoms with Gasteiger partial charge in [0.05, 0.1) is 29.3 Å². The van der Waals surface area contributed by atoms with Crippen molar-refractivity contribution in [3.05, 3.63) is 23.8 Å². The summed E-state index contributed by atoms with van der Waals surface area (Å²) in [7, 11) is -4.44. The predicted molar refractivity (Wildman–Crippen MR) is 102 cm³/mol. The molecule has 1 aromatic carbocycles. The fourth-order valence-corrected chi connectivity index (χ4v) is 5.13. The van der Waals surface area contributed by atoms with Gasteiger partial charge in [-0.15, -0.1) is 0 Å². The van der Waals surface area contributed by atoms with Crippen LogP contribution in [0.4, 0.5) is 14.9 Å². The molecule has 12 heteroatoms. The molecule has 0 saturated carbocycles. The Balaban J connectivity index is 1.73. The number of nitrogens with one attached hydrogen (secondary N) is 3. The van der Waals surface area contributed by atoms with E-state index in [1.807, 2.05) is 6.07 Å². The lowest BCUT2D eigenvalue weighted by Gasteiger charge is -2.35. The fraction of sp³-hybridized carbons (Fsp3) is 0.444. The molecule has 0 aliphatic carbocycles. The van der Waals surface area contributed by atoms with E-state index in [-0.39, 0.29) is 29.1 Å². The van der Waals surface area contributed by atoms with Crippen LogP contribution in [-0.4, -0.2) is 56.0 Å². The summed E-state index contributed by atoms with van der Waals surface area (Å²) in [4.78, 5) is 24.3. The van der Waals surface area contributed by atoms with Gasteiger partial charge in [-0.3, -0.25) is 4.79 Å². The number of rotatable bonds is 4. The first-order valence-corrected chi connectivity index (χ1v) is 10.6. The SMILES string of the molecule is C[C@H](NC(=O)CN1C(=O)Nc2cccc(C#N)c2S1(=O)=O)C1NCC(C#N)CC1F. The zero-order valence-electron chi connectivity index (χ0n) is 15.9. The quantitative estimate of drug-likeness (QED) is 0.621. The van der Waals surface area contributed by atoms with Gasteiger partial charge in [-0.25, -0.2) is 21.9 Å². The molecule has 158 valence electrons. The number of anilines is 1. The van der Waals surface area contributed by atoms with Gasteiger partial charge in [0.15, 0.2) is 0 Å². The second-order valence-electron chi connectivity index (χ2n) is 7.10. The van der Waals surface area contributed by atoms with Gasteiger partial charge in [-0.05, 0) is 25.5 Å². The average Bonchev–Trinajstić information content (AvgIpc) is 2.70. The Morgan fingerprint density at radius 3 is 2.80 bits per heavy atom. The van der Waals surface area contributed by atoms with Gasteiger partial charge >= 0.3 is 6.03 Å². The molecular formula is C18H19FN6O4S. The molecule has 3 amide bonds. The summed E-state index contributed by atoms with van der Waals surface area (Å²) in [6, 6.07) is 5.31. The van der Waals surface area contributed by atoms with E-state index in [1.165, 1.54) is 18.2 Å². The first-order valence-electron chi connectivity index (χ1n) is 9.12. The zero-order valence-corrected chi connectivity index (χ0v) is 16.7. The molecule has 3 rings (SSSR count). The van der Waals surface area contributed by atoms with Crippen LogP contribution in [0.2, 0.25) is 0 Å². The number of carbonyl (C=O) groups is 2. The summed E-state index contributed by atoms with van der Waals surface area (Å²) in [6.45, 7) is 0.989. The summed E-state index contributed by atoms with van der Waals surface area (Å²) >= 11 is 0. The molecular weight excluding hydrogens is 415 g/mol. The van der Waals surface area contributed by atoms with E-state index in [4.69, 9.17) is 5.26 Å². The number of nitrogens with zero attached hydrogens (tertiary/aromatic N) is 3. The summed E-state index contributed by atoms with van der Waals surface area (Å²) in [6.07, 6.45) is -1.34. The van der Waals surface area contributed by atoms with Gasteiger partial charge in [-0.2, -0.15) is 10.5 Å². The van der Waals surface area contributed by atoms with E-state index in [1.54, 1.807) is 13.0 Å². The maximum Gasteiger partial charge on any atom is 0.336 e. The number of piperidine rings is 1. The summed E-state index contributed by atoms with van der Waals surface area (Å²) in [5.41, 5.74) is -0.201. The van der Waals surface area contributed by atoms with Crippen LogP contribution >= 0.6 is 0 Å². The lowest BCUT2D eigenvalue weighted by Crippen LogP contribution is -2.58. The number of benzene rings is 1. The normalized spacial score (nSPS) is 25.8.